The van der Waals surface area contributed by atoms with Crippen LogP contribution in [0, 0.1) is 12.7 Å². The summed E-state index contributed by atoms with van der Waals surface area (Å²) in [5, 5.41) is 2.79. The molecule has 0 spiro atoms. The maximum Gasteiger partial charge on any atom is 0.249 e. The molecule has 1 aromatic carbocycles. The molecule has 0 radical (unpaired) electrons. The third-order valence-corrected chi connectivity index (χ3v) is 3.61. The van der Waals surface area contributed by atoms with Crippen LogP contribution in [0.25, 0.3) is 0 Å². The Kier molecular flexibility index (Phi) is 5.70. The first-order valence-electron chi connectivity index (χ1n) is 7.32. The van der Waals surface area contributed by atoms with Crippen LogP contribution in [-0.4, -0.2) is 31.3 Å². The van der Waals surface area contributed by atoms with Gasteiger partial charge in [-0.3, -0.25) is 4.79 Å². The zero-order valence-electron chi connectivity index (χ0n) is 12.5. The molecule has 1 aromatic rings. The van der Waals surface area contributed by atoms with Gasteiger partial charge in [0.2, 0.25) is 5.91 Å². The Labute approximate surface area is 124 Å². The second-order valence-electron chi connectivity index (χ2n) is 5.41. The van der Waals surface area contributed by atoms with Crippen molar-refractivity contribution in [2.24, 2.45) is 0 Å². The van der Waals surface area contributed by atoms with Gasteiger partial charge in [-0.15, -0.1) is 0 Å². The summed E-state index contributed by atoms with van der Waals surface area (Å²) >= 11 is 0. The van der Waals surface area contributed by atoms with Gasteiger partial charge in [0.1, 0.15) is 11.9 Å². The predicted octanol–water partition coefficient (Wildman–Crippen LogP) is 2.33. The summed E-state index contributed by atoms with van der Waals surface area (Å²) in [6, 6.07) is 4.81. The fourth-order valence-corrected chi connectivity index (χ4v) is 2.25. The van der Waals surface area contributed by atoms with Crippen LogP contribution in [0.5, 0.6) is 0 Å². The van der Waals surface area contributed by atoms with E-state index in [4.69, 9.17) is 9.47 Å². The average Bonchev–Trinajstić information content (AvgIpc) is 2.99. The number of carbonyl (C=O) groups is 1. The van der Waals surface area contributed by atoms with Gasteiger partial charge in [0.15, 0.2) is 0 Å². The van der Waals surface area contributed by atoms with E-state index in [9.17, 15) is 9.18 Å². The standard InChI is InChI=1S/C16H22FNO3/c1-11-8-13(5-6-15(11)17)9-18-16(19)12(2)21-10-14-4-3-7-20-14/h5-6,8,12,14H,3-4,7,9-10H2,1-2H3,(H,18,19)/t12-,14-/m1/s1. The molecule has 1 saturated heterocycles. The smallest absolute Gasteiger partial charge is 0.249 e. The second-order valence-corrected chi connectivity index (χ2v) is 5.41. The number of hydrogen-bond donors (Lipinski definition) is 1. The SMILES string of the molecule is Cc1cc(CNC(=O)[C@@H](C)OC[C@H]2CCCO2)ccc1F. The molecule has 2 atom stereocenters. The Balaban J connectivity index is 1.73. The highest BCUT2D eigenvalue weighted by Crippen LogP contribution is 2.13. The fraction of sp³-hybridized carbons (Fsp3) is 0.562. The van der Waals surface area contributed by atoms with Gasteiger partial charge < -0.3 is 14.8 Å². The van der Waals surface area contributed by atoms with Crippen molar-refractivity contribution >= 4 is 5.91 Å². The summed E-state index contributed by atoms with van der Waals surface area (Å²) in [6.07, 6.45) is 1.64. The molecule has 1 aliphatic rings. The third kappa shape index (κ3) is 4.79. The third-order valence-electron chi connectivity index (χ3n) is 3.61. The lowest BCUT2D eigenvalue weighted by atomic mass is 10.1. The maximum atomic E-state index is 13.2. The monoisotopic (exact) mass is 295 g/mol. The minimum Gasteiger partial charge on any atom is -0.376 e. The maximum absolute atomic E-state index is 13.2. The summed E-state index contributed by atoms with van der Waals surface area (Å²) in [7, 11) is 0. The van der Waals surface area contributed by atoms with Crippen LogP contribution in [0.2, 0.25) is 0 Å². The lowest BCUT2D eigenvalue weighted by Crippen LogP contribution is -2.35. The van der Waals surface area contributed by atoms with E-state index in [0.717, 1.165) is 25.0 Å². The molecule has 0 aliphatic carbocycles. The normalized spacial score (nSPS) is 19.5. The minimum atomic E-state index is -0.518. The van der Waals surface area contributed by atoms with Crippen molar-refractivity contribution in [2.75, 3.05) is 13.2 Å². The van der Waals surface area contributed by atoms with Gasteiger partial charge in [-0.2, -0.15) is 0 Å². The molecule has 0 unspecified atom stereocenters. The number of nitrogens with one attached hydrogen (secondary N) is 1. The summed E-state index contributed by atoms with van der Waals surface area (Å²) in [4.78, 5) is 11.9. The van der Waals surface area contributed by atoms with Crippen molar-refractivity contribution in [1.29, 1.82) is 0 Å². The molecule has 0 bridgehead atoms. The number of ether oxygens (including phenoxy) is 2. The summed E-state index contributed by atoms with van der Waals surface area (Å²) in [5.41, 5.74) is 1.44. The highest BCUT2D eigenvalue weighted by molar-refractivity contribution is 5.80. The van der Waals surface area contributed by atoms with Gasteiger partial charge in [-0.25, -0.2) is 4.39 Å². The number of rotatable bonds is 6. The van der Waals surface area contributed by atoms with E-state index in [0.29, 0.717) is 18.7 Å². The first kappa shape index (κ1) is 15.9. The molecule has 4 nitrogen and oxygen atoms in total. The van der Waals surface area contributed by atoms with Crippen LogP contribution < -0.4 is 5.32 Å². The second kappa shape index (κ2) is 7.52. The van der Waals surface area contributed by atoms with E-state index >= 15 is 0 Å². The first-order valence-corrected chi connectivity index (χ1v) is 7.32. The lowest BCUT2D eigenvalue weighted by Gasteiger charge is -2.16. The van der Waals surface area contributed by atoms with Gasteiger partial charge in [0.25, 0.3) is 0 Å². The molecule has 1 fully saturated rings. The predicted molar refractivity (Wildman–Crippen MR) is 77.4 cm³/mol. The number of carbonyl (C=O) groups excluding carboxylic acids is 1. The van der Waals surface area contributed by atoms with E-state index in [1.807, 2.05) is 0 Å². The quantitative estimate of drug-likeness (QED) is 0.876. The Hall–Kier alpha value is -1.46. The van der Waals surface area contributed by atoms with E-state index in [-0.39, 0.29) is 17.8 Å². The number of halogens is 1. The first-order chi connectivity index (χ1) is 10.1. The molecule has 1 aliphatic heterocycles. The summed E-state index contributed by atoms with van der Waals surface area (Å²) < 4.78 is 24.1. The molecule has 1 amide bonds. The highest BCUT2D eigenvalue weighted by Gasteiger charge is 2.19. The highest BCUT2D eigenvalue weighted by atomic mass is 19.1. The summed E-state index contributed by atoms with van der Waals surface area (Å²) in [6.45, 7) is 5.02. The lowest BCUT2D eigenvalue weighted by molar-refractivity contribution is -0.133. The number of benzene rings is 1. The van der Waals surface area contributed by atoms with E-state index in [2.05, 4.69) is 5.32 Å². The molecule has 21 heavy (non-hydrogen) atoms. The van der Waals surface area contributed by atoms with Crippen LogP contribution in [0.15, 0.2) is 18.2 Å². The van der Waals surface area contributed by atoms with Crippen molar-refractivity contribution < 1.29 is 18.7 Å². The summed E-state index contributed by atoms with van der Waals surface area (Å²) in [5.74, 6) is -0.409. The zero-order valence-corrected chi connectivity index (χ0v) is 12.5. The van der Waals surface area contributed by atoms with Crippen molar-refractivity contribution in [3.8, 4) is 0 Å². The largest absolute Gasteiger partial charge is 0.376 e. The molecule has 116 valence electrons. The van der Waals surface area contributed by atoms with Gasteiger partial charge in [0, 0.05) is 13.2 Å². The van der Waals surface area contributed by atoms with Gasteiger partial charge in [-0.1, -0.05) is 12.1 Å². The molecular formula is C16H22FNO3. The molecule has 2 rings (SSSR count). The molecule has 0 aromatic heterocycles. The van der Waals surface area contributed by atoms with Crippen LogP contribution in [0.3, 0.4) is 0 Å². The number of aryl methyl sites for hydroxylation is 1. The van der Waals surface area contributed by atoms with Gasteiger partial charge in [-0.05, 0) is 43.9 Å². The van der Waals surface area contributed by atoms with Gasteiger partial charge >= 0.3 is 0 Å². The van der Waals surface area contributed by atoms with Crippen LogP contribution >= 0.6 is 0 Å². The van der Waals surface area contributed by atoms with Crippen molar-refractivity contribution in [3.05, 3.63) is 35.1 Å². The Morgan fingerprint density at radius 3 is 3.05 bits per heavy atom. The fourth-order valence-electron chi connectivity index (χ4n) is 2.25. The zero-order chi connectivity index (χ0) is 15.2. The molecule has 5 heteroatoms. The van der Waals surface area contributed by atoms with Crippen molar-refractivity contribution in [3.63, 3.8) is 0 Å². The Bertz CT molecular complexity index is 486. The van der Waals surface area contributed by atoms with Crippen molar-refractivity contribution in [2.45, 2.75) is 45.4 Å². The van der Waals surface area contributed by atoms with Crippen LogP contribution in [0.1, 0.15) is 30.9 Å². The van der Waals surface area contributed by atoms with E-state index in [1.54, 1.807) is 26.0 Å². The molecular weight excluding hydrogens is 273 g/mol. The Morgan fingerprint density at radius 1 is 1.57 bits per heavy atom. The molecule has 0 saturated carbocycles. The molecule has 1 heterocycles. The Morgan fingerprint density at radius 2 is 2.38 bits per heavy atom. The number of hydrogen-bond acceptors (Lipinski definition) is 3. The number of amides is 1. The average molecular weight is 295 g/mol. The molecule has 1 N–H and O–H groups in total. The van der Waals surface area contributed by atoms with E-state index < -0.39 is 6.10 Å². The van der Waals surface area contributed by atoms with Crippen LogP contribution in [-0.2, 0) is 20.8 Å². The topological polar surface area (TPSA) is 47.6 Å². The van der Waals surface area contributed by atoms with Crippen molar-refractivity contribution in [1.82, 2.24) is 5.32 Å². The van der Waals surface area contributed by atoms with Gasteiger partial charge in [0.05, 0.1) is 12.7 Å². The van der Waals surface area contributed by atoms with E-state index in [1.165, 1.54) is 6.07 Å². The van der Waals surface area contributed by atoms with Crippen LogP contribution in [0.4, 0.5) is 4.39 Å². The minimum absolute atomic E-state index is 0.111.